The number of carbonyl (C=O) groups is 2. The summed E-state index contributed by atoms with van der Waals surface area (Å²) in [6.07, 6.45) is 3.16. The highest BCUT2D eigenvalue weighted by molar-refractivity contribution is 6.04. The van der Waals surface area contributed by atoms with Crippen LogP contribution < -0.4 is 9.64 Å². The molecule has 0 spiro atoms. The molecule has 6 heteroatoms. The van der Waals surface area contributed by atoms with Crippen molar-refractivity contribution in [1.29, 1.82) is 0 Å². The van der Waals surface area contributed by atoms with E-state index in [0.29, 0.717) is 18.0 Å². The summed E-state index contributed by atoms with van der Waals surface area (Å²) in [5.41, 5.74) is 2.55. The molecule has 152 valence electrons. The maximum atomic E-state index is 13.3. The van der Waals surface area contributed by atoms with Crippen molar-refractivity contribution in [3.63, 3.8) is 0 Å². The molecule has 0 radical (unpaired) electrons. The molecule has 4 rings (SSSR count). The maximum absolute atomic E-state index is 13.3. The largest absolute Gasteiger partial charge is 0.478 e. The number of nitrogens with zero attached hydrogens (tertiary/aromatic N) is 3. The Balaban J connectivity index is 1.60. The van der Waals surface area contributed by atoms with E-state index in [4.69, 9.17) is 4.74 Å². The van der Waals surface area contributed by atoms with Crippen LogP contribution in [-0.4, -0.2) is 40.4 Å². The highest BCUT2D eigenvalue weighted by Gasteiger charge is 2.39. The third-order valence-corrected chi connectivity index (χ3v) is 5.43. The number of amides is 2. The summed E-state index contributed by atoms with van der Waals surface area (Å²) in [6, 6.07) is 11.7. The summed E-state index contributed by atoms with van der Waals surface area (Å²) in [7, 11) is 0. The summed E-state index contributed by atoms with van der Waals surface area (Å²) < 4.78 is 5.96. The average molecular weight is 393 g/mol. The van der Waals surface area contributed by atoms with Crippen LogP contribution >= 0.6 is 0 Å². The predicted molar refractivity (Wildman–Crippen MR) is 111 cm³/mol. The number of fused-ring (bicyclic) bond motifs is 1. The van der Waals surface area contributed by atoms with E-state index in [0.717, 1.165) is 24.1 Å². The van der Waals surface area contributed by atoms with Crippen molar-refractivity contribution in [3.05, 3.63) is 53.9 Å². The first-order valence-electron chi connectivity index (χ1n) is 10.2. The number of ether oxygens (including phenoxy) is 1. The molecule has 1 unspecified atom stereocenters. The zero-order chi connectivity index (χ0) is 20.5. The van der Waals surface area contributed by atoms with E-state index in [-0.39, 0.29) is 30.3 Å². The van der Waals surface area contributed by atoms with Crippen LogP contribution in [-0.2, 0) is 16.1 Å². The van der Waals surface area contributed by atoms with Crippen molar-refractivity contribution in [2.75, 3.05) is 11.4 Å². The van der Waals surface area contributed by atoms with E-state index < -0.39 is 6.10 Å². The van der Waals surface area contributed by atoms with Crippen LogP contribution in [0.5, 0.6) is 5.75 Å². The first-order chi connectivity index (χ1) is 13.9. The number of hydrogen-bond acceptors (Lipinski definition) is 4. The molecule has 1 aliphatic heterocycles. The number of aromatic nitrogens is 1. The van der Waals surface area contributed by atoms with Crippen LogP contribution in [0, 0.1) is 12.8 Å². The lowest BCUT2D eigenvalue weighted by Gasteiger charge is -2.36. The van der Waals surface area contributed by atoms with Gasteiger partial charge in [-0.2, -0.15) is 0 Å². The third kappa shape index (κ3) is 4.11. The van der Waals surface area contributed by atoms with Crippen molar-refractivity contribution in [3.8, 4) is 5.75 Å². The van der Waals surface area contributed by atoms with Gasteiger partial charge in [0.15, 0.2) is 6.10 Å². The van der Waals surface area contributed by atoms with Gasteiger partial charge in [0.05, 0.1) is 17.9 Å². The molecule has 2 aliphatic rings. The molecule has 1 atom stereocenters. The van der Waals surface area contributed by atoms with Gasteiger partial charge in [-0.05, 0) is 55.5 Å². The Morgan fingerprint density at radius 3 is 2.72 bits per heavy atom. The number of carbonyl (C=O) groups excluding carboxylic acids is 2. The van der Waals surface area contributed by atoms with E-state index in [1.807, 2.05) is 62.1 Å². The van der Waals surface area contributed by atoms with E-state index in [1.165, 1.54) is 0 Å². The van der Waals surface area contributed by atoms with Gasteiger partial charge in [0.1, 0.15) is 12.3 Å². The van der Waals surface area contributed by atoms with Crippen LogP contribution in [0.25, 0.3) is 0 Å². The summed E-state index contributed by atoms with van der Waals surface area (Å²) in [5, 5.41) is 0. The van der Waals surface area contributed by atoms with Gasteiger partial charge in [-0.15, -0.1) is 0 Å². The molecule has 29 heavy (non-hydrogen) atoms. The van der Waals surface area contributed by atoms with Crippen molar-refractivity contribution in [2.24, 2.45) is 5.92 Å². The van der Waals surface area contributed by atoms with Gasteiger partial charge in [0, 0.05) is 12.2 Å². The van der Waals surface area contributed by atoms with E-state index >= 15 is 0 Å². The summed E-state index contributed by atoms with van der Waals surface area (Å²) >= 11 is 0. The zero-order valence-electron chi connectivity index (χ0n) is 17.2. The summed E-state index contributed by atoms with van der Waals surface area (Å²) in [5.74, 6) is 0.468. The number of anilines is 1. The predicted octanol–water partition coefficient (Wildman–Crippen LogP) is 3.33. The van der Waals surface area contributed by atoms with Crippen LogP contribution in [0.2, 0.25) is 0 Å². The Labute approximate surface area is 171 Å². The molecule has 2 heterocycles. The van der Waals surface area contributed by atoms with Crippen molar-refractivity contribution in [2.45, 2.75) is 52.3 Å². The molecular formula is C23H27N3O3. The number of pyridine rings is 1. The monoisotopic (exact) mass is 393 g/mol. The van der Waals surface area contributed by atoms with Gasteiger partial charge in [-0.3, -0.25) is 19.5 Å². The minimum atomic E-state index is -0.580. The highest BCUT2D eigenvalue weighted by Crippen LogP contribution is 2.37. The Morgan fingerprint density at radius 2 is 2.07 bits per heavy atom. The fourth-order valence-corrected chi connectivity index (χ4v) is 3.68. The summed E-state index contributed by atoms with van der Waals surface area (Å²) in [6.45, 7) is 6.37. The Kier molecular flexibility index (Phi) is 5.26. The van der Waals surface area contributed by atoms with Crippen LogP contribution in [0.1, 0.15) is 37.9 Å². The molecule has 0 bridgehead atoms. The molecular weight excluding hydrogens is 366 g/mol. The van der Waals surface area contributed by atoms with E-state index in [2.05, 4.69) is 4.98 Å². The average Bonchev–Trinajstić information content (AvgIpc) is 3.54. The molecule has 0 N–H and O–H groups in total. The Morgan fingerprint density at radius 1 is 1.28 bits per heavy atom. The first kappa shape index (κ1) is 19.4. The third-order valence-electron chi connectivity index (χ3n) is 5.43. The normalized spacial score (nSPS) is 18.4. The van der Waals surface area contributed by atoms with Crippen molar-refractivity contribution in [1.82, 2.24) is 9.88 Å². The molecule has 1 aliphatic carbocycles. The lowest BCUT2D eigenvalue weighted by molar-refractivity contribution is -0.135. The van der Waals surface area contributed by atoms with E-state index in [1.54, 1.807) is 11.1 Å². The molecule has 1 aromatic carbocycles. The second-order valence-corrected chi connectivity index (χ2v) is 8.25. The van der Waals surface area contributed by atoms with Gasteiger partial charge in [-0.25, -0.2) is 0 Å². The molecule has 1 fully saturated rings. The first-order valence-corrected chi connectivity index (χ1v) is 10.2. The fraction of sp³-hybridized carbons (Fsp3) is 0.435. The zero-order valence-corrected chi connectivity index (χ0v) is 17.2. The molecule has 2 aromatic rings. The lowest BCUT2D eigenvalue weighted by atomic mass is 10.0. The molecule has 1 aromatic heterocycles. The van der Waals surface area contributed by atoms with Gasteiger partial charge >= 0.3 is 0 Å². The maximum Gasteiger partial charge on any atom is 0.268 e. The van der Waals surface area contributed by atoms with Gasteiger partial charge in [-0.1, -0.05) is 26.0 Å². The number of hydrogen-bond donors (Lipinski definition) is 0. The smallest absolute Gasteiger partial charge is 0.268 e. The number of rotatable bonds is 6. The van der Waals surface area contributed by atoms with Crippen LogP contribution in [0.4, 0.5) is 5.69 Å². The minimum absolute atomic E-state index is 0.0163. The standard InChI is InChI=1S/C23H27N3O3/c1-15(2)22-23(28)26(19-12-16(3)7-10-20(19)29-22)14-21(27)25(18-8-9-18)13-17-6-4-5-11-24-17/h4-7,10-12,15,18,22H,8-9,13-14H2,1-3H3. The summed E-state index contributed by atoms with van der Waals surface area (Å²) in [4.78, 5) is 34.3. The Bertz CT molecular complexity index is 909. The SMILES string of the molecule is Cc1ccc2c(c1)N(CC(=O)N(Cc1ccccn1)C1CC1)C(=O)C(C(C)C)O2. The number of aryl methyl sites for hydroxylation is 1. The lowest BCUT2D eigenvalue weighted by Crippen LogP contribution is -2.52. The van der Waals surface area contributed by atoms with Gasteiger partial charge < -0.3 is 9.64 Å². The van der Waals surface area contributed by atoms with Crippen LogP contribution in [0.3, 0.4) is 0 Å². The van der Waals surface area contributed by atoms with Crippen LogP contribution in [0.15, 0.2) is 42.6 Å². The van der Waals surface area contributed by atoms with Gasteiger partial charge in [0.2, 0.25) is 5.91 Å². The molecule has 1 saturated carbocycles. The highest BCUT2D eigenvalue weighted by atomic mass is 16.5. The van der Waals surface area contributed by atoms with Crippen molar-refractivity contribution < 1.29 is 14.3 Å². The fourth-order valence-electron chi connectivity index (χ4n) is 3.68. The second-order valence-electron chi connectivity index (χ2n) is 8.25. The molecule has 0 saturated heterocycles. The molecule has 6 nitrogen and oxygen atoms in total. The van der Waals surface area contributed by atoms with Crippen molar-refractivity contribution >= 4 is 17.5 Å². The van der Waals surface area contributed by atoms with E-state index in [9.17, 15) is 9.59 Å². The minimum Gasteiger partial charge on any atom is -0.478 e. The quantitative estimate of drug-likeness (QED) is 0.755. The molecule has 2 amide bonds. The number of benzene rings is 1. The topological polar surface area (TPSA) is 62.7 Å². The Hall–Kier alpha value is -2.89. The van der Waals surface area contributed by atoms with Gasteiger partial charge in [0.25, 0.3) is 5.91 Å². The second kappa shape index (κ2) is 7.85.